The molecule has 1 unspecified atom stereocenters. The minimum Gasteiger partial charge on any atom is -0.481 e. The highest BCUT2D eigenvalue weighted by molar-refractivity contribution is 9.10. The first kappa shape index (κ1) is 15.3. The molecule has 1 aromatic rings. The quantitative estimate of drug-likeness (QED) is 0.874. The molecule has 1 aliphatic heterocycles. The molecule has 1 atom stereocenters. The van der Waals surface area contributed by atoms with Gasteiger partial charge in [0.25, 0.3) is 0 Å². The maximum absolute atomic E-state index is 12.0. The molecule has 1 heterocycles. The van der Waals surface area contributed by atoms with E-state index in [-0.39, 0.29) is 11.9 Å². The van der Waals surface area contributed by atoms with Crippen molar-refractivity contribution in [1.29, 1.82) is 5.26 Å². The molecule has 2 amide bonds. The van der Waals surface area contributed by atoms with E-state index in [1.54, 1.807) is 30.0 Å². The molecule has 21 heavy (non-hydrogen) atoms. The van der Waals surface area contributed by atoms with Gasteiger partial charge in [-0.2, -0.15) is 5.26 Å². The smallest absolute Gasteiger partial charge is 0.321 e. The van der Waals surface area contributed by atoms with E-state index in [4.69, 9.17) is 10.4 Å². The fraction of sp³-hybridized carbons (Fsp3) is 0.357. The van der Waals surface area contributed by atoms with Crippen LogP contribution in [0, 0.1) is 23.2 Å². The average molecular weight is 352 g/mol. The van der Waals surface area contributed by atoms with Crippen molar-refractivity contribution in [3.8, 4) is 6.07 Å². The molecule has 2 rings (SSSR count). The van der Waals surface area contributed by atoms with Crippen molar-refractivity contribution in [2.75, 3.05) is 18.4 Å². The first-order chi connectivity index (χ1) is 9.92. The Morgan fingerprint density at radius 2 is 2.19 bits per heavy atom. The van der Waals surface area contributed by atoms with Crippen LogP contribution in [-0.2, 0) is 4.79 Å². The predicted octanol–water partition coefficient (Wildman–Crippen LogP) is 2.51. The molecule has 1 aromatic carbocycles. The first-order valence-electron chi connectivity index (χ1n) is 6.40. The van der Waals surface area contributed by atoms with Gasteiger partial charge >= 0.3 is 12.0 Å². The van der Waals surface area contributed by atoms with Gasteiger partial charge in [0.1, 0.15) is 0 Å². The molecule has 0 aliphatic carbocycles. The number of nitrogens with zero attached hydrogens (tertiary/aromatic N) is 2. The highest BCUT2D eigenvalue weighted by atomic mass is 79.9. The molecule has 0 spiro atoms. The minimum atomic E-state index is -0.838. The van der Waals surface area contributed by atoms with Gasteiger partial charge in [0.15, 0.2) is 0 Å². The molecule has 1 fully saturated rings. The van der Waals surface area contributed by atoms with Crippen LogP contribution >= 0.6 is 15.9 Å². The second-order valence-electron chi connectivity index (χ2n) is 5.03. The van der Waals surface area contributed by atoms with Crippen molar-refractivity contribution < 1.29 is 14.7 Å². The molecule has 0 bridgehead atoms. The predicted molar refractivity (Wildman–Crippen MR) is 79.7 cm³/mol. The molecular formula is C14H14BrN3O3. The van der Waals surface area contributed by atoms with Crippen molar-refractivity contribution in [1.82, 2.24) is 4.90 Å². The number of carbonyl (C=O) groups excluding carboxylic acids is 1. The second-order valence-corrected chi connectivity index (χ2v) is 5.88. The van der Waals surface area contributed by atoms with Gasteiger partial charge in [-0.15, -0.1) is 0 Å². The van der Waals surface area contributed by atoms with E-state index in [2.05, 4.69) is 21.2 Å². The molecule has 6 nitrogen and oxygen atoms in total. The van der Waals surface area contributed by atoms with Gasteiger partial charge in [-0.3, -0.25) is 4.79 Å². The summed E-state index contributed by atoms with van der Waals surface area (Å²) in [6.45, 7) is 2.53. The average Bonchev–Trinajstić information content (AvgIpc) is 2.39. The van der Waals surface area contributed by atoms with Gasteiger partial charge < -0.3 is 15.3 Å². The summed E-state index contributed by atoms with van der Waals surface area (Å²) >= 11 is 3.30. The van der Waals surface area contributed by atoms with Gasteiger partial charge in [0.2, 0.25) is 0 Å². The van der Waals surface area contributed by atoms with Crippen LogP contribution in [0.3, 0.4) is 0 Å². The molecular weight excluding hydrogens is 338 g/mol. The van der Waals surface area contributed by atoms with Crippen LogP contribution in [0.15, 0.2) is 22.7 Å². The molecule has 0 radical (unpaired) electrons. The highest BCUT2D eigenvalue weighted by Gasteiger charge is 2.37. The summed E-state index contributed by atoms with van der Waals surface area (Å²) in [7, 11) is 0. The minimum absolute atomic E-state index is 0.00217. The van der Waals surface area contributed by atoms with E-state index in [1.165, 1.54) is 0 Å². The normalized spacial score (nSPS) is 15.8. The Bertz CT molecular complexity index is 620. The number of rotatable bonds is 3. The maximum atomic E-state index is 12.0. The Balaban J connectivity index is 1.92. The van der Waals surface area contributed by atoms with Gasteiger partial charge in [-0.25, -0.2) is 4.79 Å². The largest absolute Gasteiger partial charge is 0.481 e. The van der Waals surface area contributed by atoms with E-state index in [0.717, 1.165) is 0 Å². The monoisotopic (exact) mass is 351 g/mol. The zero-order chi connectivity index (χ0) is 15.6. The van der Waals surface area contributed by atoms with Crippen LogP contribution in [0.5, 0.6) is 0 Å². The van der Waals surface area contributed by atoms with Crippen LogP contribution in [0.1, 0.15) is 12.5 Å². The first-order valence-corrected chi connectivity index (χ1v) is 7.20. The Labute approximate surface area is 130 Å². The number of carboxylic acid groups (broad SMARTS) is 1. The number of urea groups is 1. The third-order valence-corrected chi connectivity index (χ3v) is 4.29. The van der Waals surface area contributed by atoms with Crippen LogP contribution < -0.4 is 5.32 Å². The second kappa shape index (κ2) is 6.14. The summed E-state index contributed by atoms with van der Waals surface area (Å²) in [4.78, 5) is 24.4. The number of anilines is 1. The number of hydrogen-bond acceptors (Lipinski definition) is 3. The third kappa shape index (κ3) is 3.34. The fourth-order valence-electron chi connectivity index (χ4n) is 2.08. The highest BCUT2D eigenvalue weighted by Crippen LogP contribution is 2.27. The number of nitriles is 1. The standard InChI is InChI=1S/C14H14BrN3O3/c1-8(13(19)20)10-6-18(7-10)14(21)17-12-3-2-9(5-16)4-11(12)15/h2-4,8,10H,6-7H2,1H3,(H,17,21)(H,19,20). The lowest BCUT2D eigenvalue weighted by Crippen LogP contribution is -2.54. The number of carbonyl (C=O) groups is 2. The number of amides is 2. The third-order valence-electron chi connectivity index (χ3n) is 3.63. The number of likely N-dealkylation sites (tertiary alicyclic amines) is 1. The molecule has 7 heteroatoms. The van der Waals surface area contributed by atoms with Crippen LogP contribution in [0.2, 0.25) is 0 Å². The summed E-state index contributed by atoms with van der Waals surface area (Å²) in [5, 5.41) is 20.4. The van der Waals surface area contributed by atoms with E-state index < -0.39 is 11.9 Å². The van der Waals surface area contributed by atoms with Gasteiger partial charge in [0, 0.05) is 23.5 Å². The molecule has 0 aromatic heterocycles. The number of aliphatic carboxylic acids is 1. The van der Waals surface area contributed by atoms with Crippen molar-refractivity contribution in [3.05, 3.63) is 28.2 Å². The summed E-state index contributed by atoms with van der Waals surface area (Å²) in [6.07, 6.45) is 0. The van der Waals surface area contributed by atoms with E-state index in [1.807, 2.05) is 6.07 Å². The van der Waals surface area contributed by atoms with Crippen molar-refractivity contribution in [2.45, 2.75) is 6.92 Å². The van der Waals surface area contributed by atoms with Crippen molar-refractivity contribution in [3.63, 3.8) is 0 Å². The van der Waals surface area contributed by atoms with Crippen LogP contribution in [0.25, 0.3) is 0 Å². The van der Waals surface area contributed by atoms with Crippen LogP contribution in [-0.4, -0.2) is 35.1 Å². The van der Waals surface area contributed by atoms with Crippen molar-refractivity contribution in [2.24, 2.45) is 11.8 Å². The maximum Gasteiger partial charge on any atom is 0.321 e. The molecule has 1 saturated heterocycles. The SMILES string of the molecule is CC(C(=O)O)C1CN(C(=O)Nc2ccc(C#N)cc2Br)C1. The molecule has 1 aliphatic rings. The number of carboxylic acids is 1. The van der Waals surface area contributed by atoms with Gasteiger partial charge in [0.05, 0.1) is 23.2 Å². The van der Waals surface area contributed by atoms with Crippen molar-refractivity contribution >= 4 is 33.6 Å². The lowest BCUT2D eigenvalue weighted by atomic mass is 9.87. The lowest BCUT2D eigenvalue weighted by molar-refractivity contribution is -0.144. The summed E-state index contributed by atoms with van der Waals surface area (Å²) in [5.41, 5.74) is 1.08. The Kier molecular flexibility index (Phi) is 4.48. The lowest BCUT2D eigenvalue weighted by Gasteiger charge is -2.41. The van der Waals surface area contributed by atoms with Gasteiger partial charge in [-0.05, 0) is 34.1 Å². The zero-order valence-electron chi connectivity index (χ0n) is 11.3. The number of halogens is 1. The van der Waals surface area contributed by atoms with Crippen LogP contribution in [0.4, 0.5) is 10.5 Å². The zero-order valence-corrected chi connectivity index (χ0v) is 12.9. The number of nitrogens with one attached hydrogen (secondary N) is 1. The molecule has 0 saturated carbocycles. The molecule has 2 N–H and O–H groups in total. The number of hydrogen-bond donors (Lipinski definition) is 2. The Hall–Kier alpha value is -2.07. The van der Waals surface area contributed by atoms with E-state index >= 15 is 0 Å². The number of benzene rings is 1. The molecule has 110 valence electrons. The van der Waals surface area contributed by atoms with E-state index in [9.17, 15) is 9.59 Å². The topological polar surface area (TPSA) is 93.4 Å². The Morgan fingerprint density at radius 1 is 1.52 bits per heavy atom. The summed E-state index contributed by atoms with van der Waals surface area (Å²) in [5.74, 6) is -1.29. The summed E-state index contributed by atoms with van der Waals surface area (Å²) < 4.78 is 0.630. The summed E-state index contributed by atoms with van der Waals surface area (Å²) in [6, 6.07) is 6.64. The van der Waals surface area contributed by atoms with Gasteiger partial charge in [-0.1, -0.05) is 6.92 Å². The van der Waals surface area contributed by atoms with E-state index in [0.29, 0.717) is 28.8 Å². The Morgan fingerprint density at radius 3 is 2.71 bits per heavy atom. The fourth-order valence-corrected chi connectivity index (χ4v) is 2.55.